The molecular weight excluding hydrogens is 546 g/mol. The van der Waals surface area contributed by atoms with Crippen LogP contribution in [0.5, 0.6) is 0 Å². The Balaban J connectivity index is 1.20. The summed E-state index contributed by atoms with van der Waals surface area (Å²) in [7, 11) is 0. The number of amides is 1. The molecule has 6 rings (SSSR count). The lowest BCUT2D eigenvalue weighted by atomic mass is 9.66. The fourth-order valence-electron chi connectivity index (χ4n) is 8.68. The molecular formula is C32H49F4N5O. The van der Waals surface area contributed by atoms with Crippen LogP contribution in [-0.4, -0.2) is 46.0 Å². The number of rotatable bonds is 9. The second-order valence-electron chi connectivity index (χ2n) is 14.6. The van der Waals surface area contributed by atoms with Gasteiger partial charge in [-0.2, -0.15) is 13.2 Å². The number of carbonyl (C=O) groups is 1. The molecule has 0 bridgehead atoms. The number of carbonyl (C=O) groups excluding carboxylic acids is 1. The Kier molecular flexibility index (Phi) is 8.83. The highest BCUT2D eigenvalue weighted by Crippen LogP contribution is 2.46. The summed E-state index contributed by atoms with van der Waals surface area (Å²) in [5.41, 5.74) is 0.434. The van der Waals surface area contributed by atoms with E-state index in [2.05, 4.69) is 10.6 Å². The van der Waals surface area contributed by atoms with Gasteiger partial charge in [-0.3, -0.25) is 10.2 Å². The van der Waals surface area contributed by atoms with E-state index < -0.39 is 24.3 Å². The normalized spacial score (nSPS) is 36.9. The molecule has 10 heteroatoms. The van der Waals surface area contributed by atoms with Crippen molar-refractivity contribution in [3.63, 3.8) is 0 Å². The highest BCUT2D eigenvalue weighted by atomic mass is 19.4. The van der Waals surface area contributed by atoms with Gasteiger partial charge in [-0.15, -0.1) is 0 Å². The molecule has 2 heterocycles. The molecule has 3 N–H and O–H groups in total. The minimum absolute atomic E-state index is 0.00763. The van der Waals surface area contributed by atoms with Gasteiger partial charge in [0.1, 0.15) is 12.2 Å². The monoisotopic (exact) mass is 595 g/mol. The lowest BCUT2D eigenvalue weighted by Crippen LogP contribution is -2.54. The second kappa shape index (κ2) is 12.3. The third-order valence-electron chi connectivity index (χ3n) is 11.3. The maximum absolute atomic E-state index is 14.2. The number of hydrogen-bond acceptors (Lipinski definition) is 3. The Morgan fingerprint density at radius 3 is 2.31 bits per heavy atom. The van der Waals surface area contributed by atoms with Gasteiger partial charge in [0.25, 0.3) is 0 Å². The first-order valence-corrected chi connectivity index (χ1v) is 16.6. The summed E-state index contributed by atoms with van der Waals surface area (Å²) in [5.74, 6) is 0.249. The van der Waals surface area contributed by atoms with Crippen molar-refractivity contribution >= 4 is 5.91 Å². The summed E-state index contributed by atoms with van der Waals surface area (Å²) in [6, 6.07) is -1.49. The van der Waals surface area contributed by atoms with E-state index in [9.17, 15) is 22.4 Å². The van der Waals surface area contributed by atoms with E-state index in [-0.39, 0.29) is 41.5 Å². The van der Waals surface area contributed by atoms with Crippen molar-refractivity contribution in [3.8, 4) is 0 Å². The molecule has 1 saturated heterocycles. The van der Waals surface area contributed by atoms with Crippen molar-refractivity contribution < 1.29 is 22.4 Å². The van der Waals surface area contributed by atoms with Gasteiger partial charge < -0.3 is 19.8 Å². The summed E-state index contributed by atoms with van der Waals surface area (Å²) in [6.07, 6.45) is 8.42. The third-order valence-corrected chi connectivity index (χ3v) is 11.3. The van der Waals surface area contributed by atoms with E-state index in [1.807, 2.05) is 28.5 Å². The van der Waals surface area contributed by atoms with Crippen LogP contribution in [0.3, 0.4) is 0 Å². The molecule has 1 aromatic heterocycles. The minimum atomic E-state index is -4.32. The maximum Gasteiger partial charge on any atom is 0.404 e. The van der Waals surface area contributed by atoms with Gasteiger partial charge in [0.05, 0.1) is 0 Å². The minimum Gasteiger partial charge on any atom is -0.353 e. The molecule has 1 aromatic rings. The van der Waals surface area contributed by atoms with Crippen molar-refractivity contribution in [1.29, 1.82) is 5.41 Å². The van der Waals surface area contributed by atoms with Crippen molar-refractivity contribution in [2.75, 3.05) is 6.54 Å². The second-order valence-corrected chi connectivity index (χ2v) is 14.6. The van der Waals surface area contributed by atoms with Crippen molar-refractivity contribution in [2.45, 2.75) is 121 Å². The molecule has 4 saturated carbocycles. The van der Waals surface area contributed by atoms with Crippen LogP contribution in [0.25, 0.3) is 0 Å². The predicted octanol–water partition coefficient (Wildman–Crippen LogP) is 5.81. The summed E-state index contributed by atoms with van der Waals surface area (Å²) >= 11 is 0. The quantitative estimate of drug-likeness (QED) is 0.315. The molecule has 5 fully saturated rings. The molecule has 5 aliphatic rings. The fourth-order valence-corrected chi connectivity index (χ4v) is 8.68. The Hall–Kier alpha value is -1.84. The van der Waals surface area contributed by atoms with Gasteiger partial charge in [-0.05, 0) is 125 Å². The summed E-state index contributed by atoms with van der Waals surface area (Å²) in [5, 5.41) is 14.9. The number of imidazole rings is 1. The molecule has 1 aliphatic heterocycles. The van der Waals surface area contributed by atoms with Crippen molar-refractivity contribution in [1.82, 2.24) is 19.8 Å². The fraction of sp³-hybridized carbons (Fsp3) is 0.875. The highest BCUT2D eigenvalue weighted by molar-refractivity contribution is 5.79. The number of piperidine rings is 1. The molecule has 4 aliphatic carbocycles. The van der Waals surface area contributed by atoms with E-state index in [4.69, 9.17) is 5.41 Å². The number of nitrogens with one attached hydrogen (secondary N) is 3. The van der Waals surface area contributed by atoms with Gasteiger partial charge in [-0.1, -0.05) is 6.92 Å². The lowest BCUT2D eigenvalue weighted by Gasteiger charge is -2.44. The average Bonchev–Trinajstić information content (AvgIpc) is 3.89. The SMILES string of the molecule is CC1CC([C@@H](NC(=O)C2CC(Cn3ccn(CC4CC4)c3=N)CC(C3CCCNC3C(F)(F)F)C2)C2CC2)CCC1F. The van der Waals surface area contributed by atoms with Gasteiger partial charge >= 0.3 is 6.18 Å². The first kappa shape index (κ1) is 30.2. The van der Waals surface area contributed by atoms with E-state index in [1.54, 1.807) is 0 Å². The van der Waals surface area contributed by atoms with Gasteiger partial charge in [0.15, 0.2) is 0 Å². The van der Waals surface area contributed by atoms with Crippen LogP contribution in [0.4, 0.5) is 17.6 Å². The van der Waals surface area contributed by atoms with E-state index >= 15 is 0 Å². The number of alkyl halides is 4. The Morgan fingerprint density at radius 2 is 1.67 bits per heavy atom. The molecule has 42 heavy (non-hydrogen) atoms. The number of aromatic nitrogens is 2. The summed E-state index contributed by atoms with van der Waals surface area (Å²) in [6.45, 7) is 3.73. The standard InChI is InChI=1S/C32H49F4N5O/c1-19-13-23(8-9-27(19)33)28(22-6-7-22)39-30(42)25-15-21(18-41-12-11-40(31(41)37)17-20-4-5-20)14-24(16-25)26-3-2-10-38-29(26)32(34,35)36/h11-12,19-29,37-38H,2-10,13-18H2,1H3,(H,39,42)/t19?,21?,23?,24?,25?,26?,27?,28-,29?/m0/s1. The zero-order valence-electron chi connectivity index (χ0n) is 24.9. The van der Waals surface area contributed by atoms with Crippen LogP contribution in [0.2, 0.25) is 0 Å². The number of nitrogens with zero attached hydrogens (tertiary/aromatic N) is 2. The Bertz CT molecular complexity index is 1140. The molecule has 8 unspecified atom stereocenters. The molecule has 1 amide bonds. The zero-order valence-corrected chi connectivity index (χ0v) is 24.9. The van der Waals surface area contributed by atoms with Crippen LogP contribution in [0, 0.1) is 52.8 Å². The molecule has 6 nitrogen and oxygen atoms in total. The van der Waals surface area contributed by atoms with Crippen molar-refractivity contribution in [3.05, 3.63) is 18.0 Å². The van der Waals surface area contributed by atoms with E-state index in [1.165, 1.54) is 12.8 Å². The number of hydrogen-bond donors (Lipinski definition) is 3. The molecule has 0 spiro atoms. The Morgan fingerprint density at radius 1 is 0.976 bits per heavy atom. The van der Waals surface area contributed by atoms with Crippen molar-refractivity contribution in [2.24, 2.45) is 47.3 Å². The zero-order chi connectivity index (χ0) is 29.6. The maximum atomic E-state index is 14.2. The largest absolute Gasteiger partial charge is 0.404 e. The van der Waals surface area contributed by atoms with Gasteiger partial charge in [0.2, 0.25) is 11.5 Å². The van der Waals surface area contributed by atoms with E-state index in [0.29, 0.717) is 69.1 Å². The Labute approximate surface area is 246 Å². The van der Waals surface area contributed by atoms with Crippen LogP contribution in [0.15, 0.2) is 12.4 Å². The van der Waals surface area contributed by atoms with Crippen LogP contribution in [0.1, 0.15) is 84.0 Å². The summed E-state index contributed by atoms with van der Waals surface area (Å²) in [4.78, 5) is 14.0. The van der Waals surface area contributed by atoms with Crippen LogP contribution < -0.4 is 16.3 Å². The topological polar surface area (TPSA) is 74.8 Å². The molecule has 0 radical (unpaired) electrons. The predicted molar refractivity (Wildman–Crippen MR) is 152 cm³/mol. The van der Waals surface area contributed by atoms with Crippen LogP contribution in [-0.2, 0) is 17.9 Å². The smallest absolute Gasteiger partial charge is 0.353 e. The molecule has 236 valence electrons. The first-order valence-electron chi connectivity index (χ1n) is 16.6. The molecule has 0 aromatic carbocycles. The number of halogens is 4. The third kappa shape index (κ3) is 6.94. The van der Waals surface area contributed by atoms with E-state index in [0.717, 1.165) is 32.2 Å². The van der Waals surface area contributed by atoms with Crippen LogP contribution >= 0.6 is 0 Å². The van der Waals surface area contributed by atoms with Gasteiger partial charge in [0, 0.05) is 37.4 Å². The van der Waals surface area contributed by atoms with Gasteiger partial charge in [-0.25, -0.2) is 4.39 Å². The first-order chi connectivity index (χ1) is 20.1. The summed E-state index contributed by atoms with van der Waals surface area (Å²) < 4.78 is 60.6. The lowest BCUT2D eigenvalue weighted by molar-refractivity contribution is -0.179. The highest BCUT2D eigenvalue weighted by Gasteiger charge is 2.50. The average molecular weight is 596 g/mol. The molecule has 9 atom stereocenters.